The van der Waals surface area contributed by atoms with E-state index in [0.29, 0.717) is 0 Å². The minimum atomic E-state index is -0.959. The molecule has 1 fully saturated rings. The Balaban J connectivity index is 2.32. The number of rotatable bonds is 3. The Labute approximate surface area is 114 Å². The zero-order valence-electron chi connectivity index (χ0n) is 10.2. The van der Waals surface area contributed by atoms with E-state index >= 15 is 0 Å². The van der Waals surface area contributed by atoms with Crippen molar-refractivity contribution in [1.82, 2.24) is 0 Å². The molecule has 1 aliphatic carbocycles. The van der Waals surface area contributed by atoms with Gasteiger partial charge in [0, 0.05) is 16.5 Å². The molecule has 96 valence electrons. The Bertz CT molecular complexity index is 473. The summed E-state index contributed by atoms with van der Waals surface area (Å²) in [6, 6.07) is 7.51. The Morgan fingerprint density at radius 3 is 2.44 bits per heavy atom. The van der Waals surface area contributed by atoms with E-state index in [0.717, 1.165) is 10.0 Å². The summed E-state index contributed by atoms with van der Waals surface area (Å²) in [5.74, 6) is -0.586. The average Bonchev–Trinajstić information content (AvgIpc) is 2.91. The third-order valence-electron chi connectivity index (χ3n) is 3.58. The third kappa shape index (κ3) is 2.09. The van der Waals surface area contributed by atoms with Gasteiger partial charge in [-0.25, -0.2) is 9.18 Å². The molecular weight excluding hydrogens is 299 g/mol. The van der Waals surface area contributed by atoms with Gasteiger partial charge in [-0.3, -0.25) is 0 Å². The van der Waals surface area contributed by atoms with Gasteiger partial charge in [0.2, 0.25) is 0 Å². The first-order valence-electron chi connectivity index (χ1n) is 5.69. The smallest absolute Gasteiger partial charge is 0.330 e. The molecule has 0 spiro atoms. The average molecular weight is 313 g/mol. The van der Waals surface area contributed by atoms with Crippen LogP contribution in [0.3, 0.4) is 0 Å². The highest BCUT2D eigenvalue weighted by Crippen LogP contribution is 2.57. The second kappa shape index (κ2) is 4.84. The highest BCUT2D eigenvalue weighted by molar-refractivity contribution is 9.10. The van der Waals surface area contributed by atoms with E-state index in [1.165, 1.54) is 13.2 Å². The van der Waals surface area contributed by atoms with Crippen molar-refractivity contribution in [1.29, 1.82) is 0 Å². The fourth-order valence-corrected chi connectivity index (χ4v) is 2.57. The molecule has 0 aromatic heterocycles. The van der Waals surface area contributed by atoms with Crippen LogP contribution in [0, 0.1) is 5.92 Å². The summed E-state index contributed by atoms with van der Waals surface area (Å²) >= 11 is 3.35. The van der Waals surface area contributed by atoms with E-state index in [-0.39, 0.29) is 5.92 Å². The van der Waals surface area contributed by atoms with Crippen LogP contribution in [0.5, 0.6) is 0 Å². The van der Waals surface area contributed by atoms with Gasteiger partial charge in [0.1, 0.15) is 6.17 Å². The number of carbonyl (C=O) groups is 1. The highest BCUT2D eigenvalue weighted by atomic mass is 79.9. The van der Waals surface area contributed by atoms with Gasteiger partial charge in [-0.05, 0) is 17.7 Å². The van der Waals surface area contributed by atoms with Crippen LogP contribution in [0.25, 0.3) is 0 Å². The van der Waals surface area contributed by atoms with Gasteiger partial charge in [0.15, 0.2) is 0 Å². The molecule has 1 saturated carbocycles. The summed E-state index contributed by atoms with van der Waals surface area (Å²) in [5, 5.41) is 0. The maximum absolute atomic E-state index is 13.9. The van der Waals surface area contributed by atoms with Crippen molar-refractivity contribution in [2.75, 3.05) is 7.11 Å². The molecule has 0 saturated heterocycles. The maximum Gasteiger partial charge on any atom is 0.330 e. The predicted octanol–water partition coefficient (Wildman–Crippen LogP) is 3.40. The fourth-order valence-electron chi connectivity index (χ4n) is 2.31. The minimum Gasteiger partial charge on any atom is -0.466 e. The molecule has 0 radical (unpaired) electrons. The Hall–Kier alpha value is -1.16. The Kier molecular flexibility index (Phi) is 3.57. The molecule has 18 heavy (non-hydrogen) atoms. The van der Waals surface area contributed by atoms with E-state index in [1.807, 2.05) is 31.2 Å². The molecule has 1 aromatic rings. The van der Waals surface area contributed by atoms with Crippen molar-refractivity contribution in [2.45, 2.75) is 18.5 Å². The molecule has 0 aliphatic heterocycles. The van der Waals surface area contributed by atoms with Gasteiger partial charge in [0.05, 0.1) is 12.5 Å². The fraction of sp³-hybridized carbons (Fsp3) is 0.357. The molecule has 0 N–H and O–H groups in total. The van der Waals surface area contributed by atoms with Crippen LogP contribution >= 0.6 is 15.9 Å². The van der Waals surface area contributed by atoms with Crippen LogP contribution < -0.4 is 0 Å². The Morgan fingerprint density at radius 1 is 1.44 bits per heavy atom. The number of allylic oxidation sites excluding steroid dienone is 1. The second-order valence-electron chi connectivity index (χ2n) is 4.49. The normalized spacial score (nSPS) is 30.4. The van der Waals surface area contributed by atoms with Crippen molar-refractivity contribution in [3.05, 3.63) is 46.5 Å². The van der Waals surface area contributed by atoms with Crippen LogP contribution in [-0.4, -0.2) is 19.3 Å². The lowest BCUT2D eigenvalue weighted by Gasteiger charge is -2.12. The number of hydrogen-bond acceptors (Lipinski definition) is 2. The van der Waals surface area contributed by atoms with Gasteiger partial charge in [0.25, 0.3) is 0 Å². The highest BCUT2D eigenvalue weighted by Gasteiger charge is 2.62. The number of ether oxygens (including phenoxy) is 1. The summed E-state index contributed by atoms with van der Waals surface area (Å²) in [6.07, 6.45) is 1.97. The Morgan fingerprint density at radius 2 is 2.00 bits per heavy atom. The zero-order valence-corrected chi connectivity index (χ0v) is 11.8. The summed E-state index contributed by atoms with van der Waals surface area (Å²) in [7, 11) is 1.31. The number of alkyl halides is 1. The summed E-state index contributed by atoms with van der Waals surface area (Å²) in [5.41, 5.74) is 0.195. The molecule has 1 aromatic carbocycles. The van der Waals surface area contributed by atoms with E-state index in [2.05, 4.69) is 20.7 Å². The van der Waals surface area contributed by atoms with Gasteiger partial charge in [-0.15, -0.1) is 0 Å². The largest absolute Gasteiger partial charge is 0.466 e. The van der Waals surface area contributed by atoms with Crippen molar-refractivity contribution in [3.63, 3.8) is 0 Å². The molecule has 2 nitrogen and oxygen atoms in total. The van der Waals surface area contributed by atoms with Crippen LogP contribution in [-0.2, 0) is 14.9 Å². The monoisotopic (exact) mass is 312 g/mol. The molecule has 3 atom stereocenters. The molecular formula is C14H14BrFO2. The summed E-state index contributed by atoms with van der Waals surface area (Å²) < 4.78 is 19.4. The topological polar surface area (TPSA) is 26.3 Å². The van der Waals surface area contributed by atoms with Crippen molar-refractivity contribution in [3.8, 4) is 0 Å². The first kappa shape index (κ1) is 13.3. The molecule has 0 bridgehead atoms. The summed E-state index contributed by atoms with van der Waals surface area (Å²) in [6.45, 7) is 1.84. The first-order valence-corrected chi connectivity index (χ1v) is 6.49. The lowest BCUT2D eigenvalue weighted by molar-refractivity contribution is -0.134. The number of benzene rings is 1. The van der Waals surface area contributed by atoms with Gasteiger partial charge < -0.3 is 4.74 Å². The van der Waals surface area contributed by atoms with Gasteiger partial charge >= 0.3 is 5.97 Å². The van der Waals surface area contributed by atoms with Crippen molar-refractivity contribution >= 4 is 21.9 Å². The standard InChI is InChI=1S/C14H14BrFO2/c1-9-13(16)14(9,8-7-12(17)18-2)10-3-5-11(15)6-4-10/h3-9,13H,1-2H3. The zero-order chi connectivity index (χ0) is 13.3. The van der Waals surface area contributed by atoms with E-state index in [4.69, 9.17) is 0 Å². The van der Waals surface area contributed by atoms with Crippen molar-refractivity contribution in [2.24, 2.45) is 5.92 Å². The van der Waals surface area contributed by atoms with Crippen LogP contribution in [0.15, 0.2) is 40.9 Å². The number of carbonyl (C=O) groups excluding carboxylic acids is 1. The minimum absolute atomic E-state index is 0.125. The first-order chi connectivity index (χ1) is 8.52. The SMILES string of the molecule is COC(=O)C=CC1(c2ccc(Br)cc2)C(C)C1F. The van der Waals surface area contributed by atoms with Crippen molar-refractivity contribution < 1.29 is 13.9 Å². The van der Waals surface area contributed by atoms with Crippen LogP contribution in [0.2, 0.25) is 0 Å². The van der Waals surface area contributed by atoms with Crippen LogP contribution in [0.4, 0.5) is 4.39 Å². The summed E-state index contributed by atoms with van der Waals surface area (Å²) in [4.78, 5) is 11.1. The number of methoxy groups -OCH3 is 1. The molecule has 0 heterocycles. The van der Waals surface area contributed by atoms with E-state index in [1.54, 1.807) is 6.08 Å². The van der Waals surface area contributed by atoms with Crippen LogP contribution in [0.1, 0.15) is 12.5 Å². The van der Waals surface area contributed by atoms with Gasteiger partial charge in [-0.1, -0.05) is 41.1 Å². The number of esters is 1. The molecule has 1 aliphatic rings. The number of halogens is 2. The molecule has 4 heteroatoms. The predicted molar refractivity (Wildman–Crippen MR) is 71.0 cm³/mol. The van der Waals surface area contributed by atoms with Gasteiger partial charge in [-0.2, -0.15) is 0 Å². The number of hydrogen-bond donors (Lipinski definition) is 0. The molecule has 2 rings (SSSR count). The van der Waals surface area contributed by atoms with E-state index in [9.17, 15) is 9.18 Å². The second-order valence-corrected chi connectivity index (χ2v) is 5.40. The lowest BCUT2D eigenvalue weighted by Crippen LogP contribution is -2.09. The molecule has 0 amide bonds. The lowest BCUT2D eigenvalue weighted by atomic mass is 9.93. The van der Waals surface area contributed by atoms with E-state index < -0.39 is 17.6 Å². The molecule has 3 unspecified atom stereocenters. The quantitative estimate of drug-likeness (QED) is 0.631. The maximum atomic E-state index is 13.9. The third-order valence-corrected chi connectivity index (χ3v) is 4.11.